The topological polar surface area (TPSA) is 66.6 Å². The highest BCUT2D eigenvalue weighted by Gasteiger charge is 2.25. The molecule has 2 heterocycles. The van der Waals surface area contributed by atoms with E-state index in [1.54, 1.807) is 41.9 Å². The van der Waals surface area contributed by atoms with Crippen LogP contribution in [-0.4, -0.2) is 15.8 Å². The Morgan fingerprint density at radius 3 is 2.83 bits per heavy atom. The van der Waals surface area contributed by atoms with Gasteiger partial charge in [0, 0.05) is 22.2 Å². The van der Waals surface area contributed by atoms with Gasteiger partial charge in [-0.25, -0.2) is 4.98 Å². The van der Waals surface area contributed by atoms with Crippen LogP contribution in [0.4, 0.5) is 0 Å². The van der Waals surface area contributed by atoms with Crippen molar-refractivity contribution in [3.05, 3.63) is 70.5 Å². The summed E-state index contributed by atoms with van der Waals surface area (Å²) in [7, 11) is 0. The number of nitriles is 1. The van der Waals surface area contributed by atoms with Crippen molar-refractivity contribution >= 4 is 28.7 Å². The molecular formula is C17H10ClN3OS. The first-order valence-electron chi connectivity index (χ1n) is 6.75. The van der Waals surface area contributed by atoms with Gasteiger partial charge in [0.15, 0.2) is 5.92 Å². The first-order chi connectivity index (χ1) is 11.2. The largest absolute Gasteiger partial charge is 0.290 e. The van der Waals surface area contributed by atoms with Gasteiger partial charge in [0.2, 0.25) is 5.78 Å². The normalized spacial score (nSPS) is 11.7. The average molecular weight is 340 g/mol. The Labute approximate surface area is 142 Å². The van der Waals surface area contributed by atoms with Crippen LogP contribution < -0.4 is 0 Å². The fourth-order valence-corrected chi connectivity index (χ4v) is 3.09. The van der Waals surface area contributed by atoms with Gasteiger partial charge in [0.25, 0.3) is 0 Å². The lowest BCUT2D eigenvalue weighted by Crippen LogP contribution is -2.12. The second kappa shape index (κ2) is 6.69. The number of hydrogen-bond donors (Lipinski definition) is 0. The van der Waals surface area contributed by atoms with Gasteiger partial charge in [-0.1, -0.05) is 29.8 Å². The molecule has 4 nitrogen and oxygen atoms in total. The lowest BCUT2D eigenvalue weighted by Gasteiger charge is -2.05. The fourth-order valence-electron chi connectivity index (χ4n) is 2.09. The number of ketones is 1. The lowest BCUT2D eigenvalue weighted by molar-refractivity contribution is 0.0973. The second-order valence-corrected chi connectivity index (χ2v) is 6.02. The molecule has 0 aliphatic heterocycles. The third-order valence-electron chi connectivity index (χ3n) is 3.20. The highest BCUT2D eigenvalue weighted by Crippen LogP contribution is 2.28. The summed E-state index contributed by atoms with van der Waals surface area (Å²) in [4.78, 5) is 21.0. The maximum atomic E-state index is 12.5. The average Bonchev–Trinajstić information content (AvgIpc) is 3.06. The summed E-state index contributed by atoms with van der Waals surface area (Å²) in [6.07, 6.45) is 1.56. The molecule has 1 atom stereocenters. The number of carbonyl (C=O) groups excluding carboxylic acids is 1. The van der Waals surface area contributed by atoms with Crippen molar-refractivity contribution in [3.63, 3.8) is 0 Å². The Hall–Kier alpha value is -2.55. The summed E-state index contributed by atoms with van der Waals surface area (Å²) >= 11 is 7.32. The molecule has 2 aromatic heterocycles. The minimum absolute atomic E-state index is 0.266. The summed E-state index contributed by atoms with van der Waals surface area (Å²) in [5.74, 6) is -1.30. The van der Waals surface area contributed by atoms with Gasteiger partial charge in [-0.15, -0.1) is 11.3 Å². The summed E-state index contributed by atoms with van der Waals surface area (Å²) in [5, 5.41) is 12.3. The van der Waals surface area contributed by atoms with Gasteiger partial charge in [-0.05, 0) is 24.3 Å². The molecule has 0 unspecified atom stereocenters. The number of thiazole rings is 1. The standard InChI is InChI=1S/C17H10ClN3OS/c18-12-5-3-4-11(8-12)17-21-15(10-23-17)16(22)13(9-19)14-6-1-2-7-20-14/h1-8,10,13H/t13-/m1/s1. The lowest BCUT2D eigenvalue weighted by atomic mass is 9.99. The van der Waals surface area contributed by atoms with Crippen LogP contribution in [0.1, 0.15) is 22.1 Å². The summed E-state index contributed by atoms with van der Waals surface area (Å²) in [5.41, 5.74) is 1.53. The molecule has 3 rings (SSSR count). The predicted molar refractivity (Wildman–Crippen MR) is 89.5 cm³/mol. The van der Waals surface area contributed by atoms with Crippen molar-refractivity contribution in [2.24, 2.45) is 0 Å². The predicted octanol–water partition coefficient (Wildman–Crippen LogP) is 4.35. The van der Waals surface area contributed by atoms with Crippen molar-refractivity contribution in [1.29, 1.82) is 5.26 Å². The quantitative estimate of drug-likeness (QED) is 0.663. The van der Waals surface area contributed by atoms with E-state index in [2.05, 4.69) is 9.97 Å². The molecule has 1 aromatic carbocycles. The van der Waals surface area contributed by atoms with E-state index in [0.717, 1.165) is 5.56 Å². The zero-order valence-corrected chi connectivity index (χ0v) is 13.4. The van der Waals surface area contributed by atoms with E-state index in [4.69, 9.17) is 11.6 Å². The van der Waals surface area contributed by atoms with Crippen molar-refractivity contribution < 1.29 is 4.79 Å². The van der Waals surface area contributed by atoms with Crippen LogP contribution in [0.5, 0.6) is 0 Å². The van der Waals surface area contributed by atoms with Crippen LogP contribution in [0.3, 0.4) is 0 Å². The smallest absolute Gasteiger partial charge is 0.205 e. The second-order valence-electron chi connectivity index (χ2n) is 4.73. The van der Waals surface area contributed by atoms with E-state index < -0.39 is 5.92 Å². The molecule has 0 radical (unpaired) electrons. The van der Waals surface area contributed by atoms with Gasteiger partial charge in [0.1, 0.15) is 10.7 Å². The van der Waals surface area contributed by atoms with Crippen LogP contribution in [-0.2, 0) is 0 Å². The Morgan fingerprint density at radius 1 is 1.26 bits per heavy atom. The van der Waals surface area contributed by atoms with Crippen molar-refractivity contribution in [2.75, 3.05) is 0 Å². The zero-order chi connectivity index (χ0) is 16.2. The number of nitrogens with zero attached hydrogens (tertiary/aromatic N) is 3. The molecule has 23 heavy (non-hydrogen) atoms. The number of hydrogen-bond acceptors (Lipinski definition) is 5. The van der Waals surface area contributed by atoms with Gasteiger partial charge < -0.3 is 0 Å². The molecule has 112 valence electrons. The summed E-state index contributed by atoms with van der Waals surface area (Å²) in [6, 6.07) is 14.4. The highest BCUT2D eigenvalue weighted by molar-refractivity contribution is 7.13. The molecule has 0 fully saturated rings. The Balaban J connectivity index is 1.91. The number of carbonyl (C=O) groups is 1. The van der Waals surface area contributed by atoms with Gasteiger partial charge in [-0.3, -0.25) is 9.78 Å². The number of benzene rings is 1. The van der Waals surface area contributed by atoms with Crippen LogP contribution in [0, 0.1) is 11.3 Å². The maximum Gasteiger partial charge on any atom is 0.205 e. The Bertz CT molecular complexity index is 886. The van der Waals surface area contributed by atoms with E-state index >= 15 is 0 Å². The van der Waals surface area contributed by atoms with Gasteiger partial charge in [-0.2, -0.15) is 5.26 Å². The third kappa shape index (κ3) is 3.29. The van der Waals surface area contributed by atoms with Crippen molar-refractivity contribution in [2.45, 2.75) is 5.92 Å². The highest BCUT2D eigenvalue weighted by atomic mass is 35.5. The molecule has 0 saturated heterocycles. The van der Waals surface area contributed by atoms with Crippen molar-refractivity contribution in [1.82, 2.24) is 9.97 Å². The summed E-state index contributed by atoms with van der Waals surface area (Å²) < 4.78 is 0. The molecule has 0 spiro atoms. The molecule has 0 N–H and O–H groups in total. The monoisotopic (exact) mass is 339 g/mol. The van der Waals surface area contributed by atoms with E-state index in [1.807, 2.05) is 18.2 Å². The Morgan fingerprint density at radius 2 is 2.13 bits per heavy atom. The minimum atomic E-state index is -0.953. The van der Waals surface area contributed by atoms with E-state index in [9.17, 15) is 10.1 Å². The van der Waals surface area contributed by atoms with Crippen LogP contribution >= 0.6 is 22.9 Å². The molecule has 3 aromatic rings. The van der Waals surface area contributed by atoms with Gasteiger partial charge in [0.05, 0.1) is 11.8 Å². The van der Waals surface area contributed by atoms with E-state index in [0.29, 0.717) is 15.7 Å². The molecule has 6 heteroatoms. The van der Waals surface area contributed by atoms with E-state index in [1.165, 1.54) is 11.3 Å². The van der Waals surface area contributed by atoms with Crippen LogP contribution in [0.25, 0.3) is 10.6 Å². The number of rotatable bonds is 4. The molecule has 0 saturated carbocycles. The molecular weight excluding hydrogens is 330 g/mol. The third-order valence-corrected chi connectivity index (χ3v) is 4.33. The number of aromatic nitrogens is 2. The van der Waals surface area contributed by atoms with Crippen molar-refractivity contribution in [3.8, 4) is 16.6 Å². The van der Waals surface area contributed by atoms with Gasteiger partial charge >= 0.3 is 0 Å². The zero-order valence-electron chi connectivity index (χ0n) is 11.8. The Kier molecular flexibility index (Phi) is 4.47. The first kappa shape index (κ1) is 15.3. The molecule has 0 bridgehead atoms. The minimum Gasteiger partial charge on any atom is -0.290 e. The number of halogens is 1. The molecule has 0 aliphatic rings. The summed E-state index contributed by atoms with van der Waals surface area (Å²) in [6.45, 7) is 0. The van der Waals surface area contributed by atoms with Crippen LogP contribution in [0.2, 0.25) is 5.02 Å². The number of Topliss-reactive ketones (excluding diaryl/α,β-unsaturated/α-hetero) is 1. The number of pyridine rings is 1. The fraction of sp³-hybridized carbons (Fsp3) is 0.0588. The maximum absolute atomic E-state index is 12.5. The SMILES string of the molecule is N#C[C@@H](C(=O)c1csc(-c2cccc(Cl)c2)n1)c1ccccn1. The first-order valence-corrected chi connectivity index (χ1v) is 8.01. The van der Waals surface area contributed by atoms with Crippen LogP contribution in [0.15, 0.2) is 54.0 Å². The molecule has 0 aliphatic carbocycles. The molecule has 0 amide bonds. The van der Waals surface area contributed by atoms with E-state index in [-0.39, 0.29) is 11.5 Å².